The third-order valence-corrected chi connectivity index (χ3v) is 2.54. The molecule has 0 aliphatic carbocycles. The van der Waals surface area contributed by atoms with Crippen LogP contribution in [0.15, 0.2) is 35.7 Å². The predicted molar refractivity (Wildman–Crippen MR) is 72.0 cm³/mol. The van der Waals surface area contributed by atoms with Crippen LogP contribution in [0.1, 0.15) is 41.5 Å². The maximum Gasteiger partial charge on any atom is 0.291 e. The van der Waals surface area contributed by atoms with Gasteiger partial charge in [-0.25, -0.2) is 5.43 Å². The summed E-state index contributed by atoms with van der Waals surface area (Å²) in [6.07, 6.45) is 4.87. The Hall–Kier alpha value is -2.50. The molecule has 2 rings (SSSR count). The molecule has 6 nitrogen and oxygen atoms in total. The average Bonchev–Trinajstić information content (AvgIpc) is 2.89. The van der Waals surface area contributed by atoms with Gasteiger partial charge in [-0.15, -0.1) is 0 Å². The van der Waals surface area contributed by atoms with Crippen molar-refractivity contribution in [1.82, 2.24) is 20.6 Å². The van der Waals surface area contributed by atoms with Gasteiger partial charge in [-0.3, -0.25) is 14.9 Å². The van der Waals surface area contributed by atoms with Crippen LogP contribution < -0.4 is 5.43 Å². The standard InChI is InChI=1S/C13H15N5O/c1-9(2)11-7-12(17-16-11)13(19)18-15-8-10-3-5-14-6-4-10/h3-9H,1-2H3,(H,16,17)(H,18,19)/b15-8+. The summed E-state index contributed by atoms with van der Waals surface area (Å²) in [5.41, 5.74) is 4.54. The molecule has 0 atom stereocenters. The summed E-state index contributed by atoms with van der Waals surface area (Å²) in [6, 6.07) is 5.31. The fourth-order valence-corrected chi connectivity index (χ4v) is 1.42. The first-order valence-electron chi connectivity index (χ1n) is 5.95. The van der Waals surface area contributed by atoms with Gasteiger partial charge in [-0.05, 0) is 29.7 Å². The number of nitrogens with zero attached hydrogens (tertiary/aromatic N) is 3. The van der Waals surface area contributed by atoms with E-state index in [1.807, 2.05) is 13.8 Å². The summed E-state index contributed by atoms with van der Waals surface area (Å²) in [6.45, 7) is 4.05. The number of rotatable bonds is 4. The van der Waals surface area contributed by atoms with E-state index in [4.69, 9.17) is 0 Å². The molecule has 0 fully saturated rings. The maximum atomic E-state index is 11.8. The fourth-order valence-electron chi connectivity index (χ4n) is 1.42. The first-order chi connectivity index (χ1) is 9.16. The second kappa shape index (κ2) is 5.90. The highest BCUT2D eigenvalue weighted by atomic mass is 16.2. The molecule has 0 saturated carbocycles. The van der Waals surface area contributed by atoms with E-state index in [0.717, 1.165) is 11.3 Å². The Morgan fingerprint density at radius 1 is 1.42 bits per heavy atom. The van der Waals surface area contributed by atoms with E-state index in [9.17, 15) is 4.79 Å². The van der Waals surface area contributed by atoms with E-state index in [-0.39, 0.29) is 5.91 Å². The Morgan fingerprint density at radius 3 is 2.79 bits per heavy atom. The predicted octanol–water partition coefficient (Wildman–Crippen LogP) is 1.69. The van der Waals surface area contributed by atoms with Crippen LogP contribution in [0.2, 0.25) is 0 Å². The highest BCUT2D eigenvalue weighted by Crippen LogP contribution is 2.11. The van der Waals surface area contributed by atoms with Gasteiger partial charge in [-0.1, -0.05) is 13.8 Å². The van der Waals surface area contributed by atoms with Crippen molar-refractivity contribution in [2.45, 2.75) is 19.8 Å². The molecule has 2 heterocycles. The number of nitrogens with one attached hydrogen (secondary N) is 2. The molecule has 0 aliphatic rings. The van der Waals surface area contributed by atoms with E-state index in [2.05, 4.69) is 25.7 Å². The van der Waals surface area contributed by atoms with Gasteiger partial charge in [-0.2, -0.15) is 10.2 Å². The van der Waals surface area contributed by atoms with Gasteiger partial charge in [0.2, 0.25) is 0 Å². The normalized spacial score (nSPS) is 11.1. The molecule has 98 valence electrons. The molecule has 0 aliphatic heterocycles. The van der Waals surface area contributed by atoms with Crippen LogP contribution >= 0.6 is 0 Å². The minimum atomic E-state index is -0.339. The minimum absolute atomic E-state index is 0.300. The smallest absolute Gasteiger partial charge is 0.282 e. The van der Waals surface area contributed by atoms with Crippen molar-refractivity contribution in [3.8, 4) is 0 Å². The molecule has 2 aromatic heterocycles. The third-order valence-electron chi connectivity index (χ3n) is 2.54. The number of aromatic nitrogens is 3. The number of carbonyl (C=O) groups is 1. The monoisotopic (exact) mass is 257 g/mol. The van der Waals surface area contributed by atoms with Crippen LogP contribution in [0.4, 0.5) is 0 Å². The Morgan fingerprint density at radius 2 is 2.16 bits per heavy atom. The average molecular weight is 257 g/mol. The summed E-state index contributed by atoms with van der Waals surface area (Å²) in [4.78, 5) is 15.6. The topological polar surface area (TPSA) is 83.0 Å². The summed E-state index contributed by atoms with van der Waals surface area (Å²) < 4.78 is 0. The van der Waals surface area contributed by atoms with Crippen molar-refractivity contribution in [2.75, 3.05) is 0 Å². The summed E-state index contributed by atoms with van der Waals surface area (Å²) in [7, 11) is 0. The molecule has 2 aromatic rings. The number of hydrazone groups is 1. The van der Waals surface area contributed by atoms with Crippen molar-refractivity contribution >= 4 is 12.1 Å². The van der Waals surface area contributed by atoms with Gasteiger partial charge >= 0.3 is 0 Å². The zero-order valence-electron chi connectivity index (χ0n) is 10.8. The van der Waals surface area contributed by atoms with Gasteiger partial charge in [0.1, 0.15) is 0 Å². The van der Waals surface area contributed by atoms with Crippen molar-refractivity contribution in [3.63, 3.8) is 0 Å². The quantitative estimate of drug-likeness (QED) is 0.646. The molecule has 0 unspecified atom stereocenters. The van der Waals surface area contributed by atoms with Gasteiger partial charge in [0.15, 0.2) is 5.69 Å². The SMILES string of the molecule is CC(C)c1cc(C(=O)N/N=C/c2ccncc2)n[nH]1. The highest BCUT2D eigenvalue weighted by Gasteiger charge is 2.10. The lowest BCUT2D eigenvalue weighted by atomic mass is 10.1. The van der Waals surface area contributed by atoms with Crippen LogP contribution in [0, 0.1) is 0 Å². The summed E-state index contributed by atoms with van der Waals surface area (Å²) >= 11 is 0. The van der Waals surface area contributed by atoms with E-state index in [1.165, 1.54) is 0 Å². The van der Waals surface area contributed by atoms with E-state index < -0.39 is 0 Å². The molecule has 19 heavy (non-hydrogen) atoms. The summed E-state index contributed by atoms with van der Waals surface area (Å²) in [5, 5.41) is 10.6. The fraction of sp³-hybridized carbons (Fsp3) is 0.231. The molecule has 6 heteroatoms. The van der Waals surface area contributed by atoms with Crippen LogP contribution in [-0.2, 0) is 0 Å². The molecule has 0 radical (unpaired) electrons. The van der Waals surface area contributed by atoms with Crippen LogP contribution in [-0.4, -0.2) is 27.3 Å². The first kappa shape index (κ1) is 12.9. The third kappa shape index (κ3) is 3.48. The molecule has 0 spiro atoms. The number of H-pyrrole nitrogens is 1. The Labute approximate surface area is 111 Å². The van der Waals surface area contributed by atoms with Crippen molar-refractivity contribution in [3.05, 3.63) is 47.5 Å². The van der Waals surface area contributed by atoms with Gasteiger partial charge in [0, 0.05) is 18.1 Å². The van der Waals surface area contributed by atoms with Crippen molar-refractivity contribution in [2.24, 2.45) is 5.10 Å². The molecule has 1 amide bonds. The zero-order valence-corrected chi connectivity index (χ0v) is 10.8. The molecule has 0 aromatic carbocycles. The zero-order chi connectivity index (χ0) is 13.7. The number of pyridine rings is 1. The molecule has 0 saturated heterocycles. The molecule has 2 N–H and O–H groups in total. The van der Waals surface area contributed by atoms with Crippen LogP contribution in [0.3, 0.4) is 0 Å². The number of amides is 1. The lowest BCUT2D eigenvalue weighted by Gasteiger charge is -1.96. The molecular formula is C13H15N5O. The van der Waals surface area contributed by atoms with Crippen LogP contribution in [0.25, 0.3) is 0 Å². The number of aromatic amines is 1. The van der Waals surface area contributed by atoms with Gasteiger partial charge < -0.3 is 0 Å². The number of hydrogen-bond donors (Lipinski definition) is 2. The van der Waals surface area contributed by atoms with Crippen molar-refractivity contribution in [1.29, 1.82) is 0 Å². The van der Waals surface area contributed by atoms with Gasteiger partial charge in [0.25, 0.3) is 5.91 Å². The first-order valence-corrected chi connectivity index (χ1v) is 5.95. The lowest BCUT2D eigenvalue weighted by molar-refractivity contribution is 0.0950. The van der Waals surface area contributed by atoms with Gasteiger partial charge in [0.05, 0.1) is 6.21 Å². The molecular weight excluding hydrogens is 242 g/mol. The highest BCUT2D eigenvalue weighted by molar-refractivity contribution is 5.93. The minimum Gasteiger partial charge on any atom is -0.282 e. The van der Waals surface area contributed by atoms with Crippen LogP contribution in [0.5, 0.6) is 0 Å². The van der Waals surface area contributed by atoms with Crippen molar-refractivity contribution < 1.29 is 4.79 Å². The van der Waals surface area contributed by atoms with E-state index >= 15 is 0 Å². The lowest BCUT2D eigenvalue weighted by Crippen LogP contribution is -2.18. The Kier molecular flexibility index (Phi) is 4.02. The second-order valence-corrected chi connectivity index (χ2v) is 4.34. The second-order valence-electron chi connectivity index (χ2n) is 4.34. The van der Waals surface area contributed by atoms with E-state index in [0.29, 0.717) is 11.6 Å². The Bertz CT molecular complexity index is 574. The number of hydrogen-bond acceptors (Lipinski definition) is 4. The largest absolute Gasteiger partial charge is 0.291 e. The molecule has 0 bridgehead atoms. The maximum absolute atomic E-state index is 11.8. The summed E-state index contributed by atoms with van der Waals surface area (Å²) in [5.74, 6) is -0.0390. The Balaban J connectivity index is 1.96. The number of carbonyl (C=O) groups excluding carboxylic acids is 1. The van der Waals surface area contributed by atoms with E-state index in [1.54, 1.807) is 36.8 Å².